The minimum absolute atomic E-state index is 0.638. The summed E-state index contributed by atoms with van der Waals surface area (Å²) >= 11 is 0. The predicted molar refractivity (Wildman–Crippen MR) is 68.8 cm³/mol. The molecule has 0 saturated carbocycles. The highest BCUT2D eigenvalue weighted by molar-refractivity contribution is 4.78. The summed E-state index contributed by atoms with van der Waals surface area (Å²) in [5.41, 5.74) is 0. The van der Waals surface area contributed by atoms with E-state index in [9.17, 15) is 0 Å². The predicted octanol–water partition coefficient (Wildman–Crippen LogP) is 1.73. The van der Waals surface area contributed by atoms with Gasteiger partial charge in [-0.15, -0.1) is 0 Å². The Kier molecular flexibility index (Phi) is 7.01. The summed E-state index contributed by atoms with van der Waals surface area (Å²) in [5, 5.41) is 3.58. The molecule has 1 heterocycles. The van der Waals surface area contributed by atoms with Crippen LogP contribution in [0, 0.1) is 5.92 Å². The summed E-state index contributed by atoms with van der Waals surface area (Å²) in [4.78, 5) is 2.55. The lowest BCUT2D eigenvalue weighted by Gasteiger charge is -2.34. The molecule has 0 radical (unpaired) electrons. The second-order valence-corrected chi connectivity index (χ2v) is 4.71. The molecule has 0 aromatic heterocycles. The SMILES string of the molecule is CCOCCNC(C)C1CCN(CC)CC1. The highest BCUT2D eigenvalue weighted by Crippen LogP contribution is 2.20. The first-order valence-electron chi connectivity index (χ1n) is 6.81. The van der Waals surface area contributed by atoms with E-state index in [2.05, 4.69) is 24.1 Å². The van der Waals surface area contributed by atoms with E-state index in [0.29, 0.717) is 6.04 Å². The number of ether oxygens (including phenoxy) is 1. The van der Waals surface area contributed by atoms with Gasteiger partial charge in [0.1, 0.15) is 0 Å². The van der Waals surface area contributed by atoms with E-state index in [-0.39, 0.29) is 0 Å². The Morgan fingerprint density at radius 3 is 2.56 bits per heavy atom. The van der Waals surface area contributed by atoms with Gasteiger partial charge in [-0.1, -0.05) is 6.92 Å². The van der Waals surface area contributed by atoms with Crippen LogP contribution in [0.5, 0.6) is 0 Å². The van der Waals surface area contributed by atoms with E-state index in [1.807, 2.05) is 6.92 Å². The number of nitrogens with zero attached hydrogens (tertiary/aromatic N) is 1. The van der Waals surface area contributed by atoms with Gasteiger partial charge in [-0.3, -0.25) is 0 Å². The zero-order valence-corrected chi connectivity index (χ0v) is 11.2. The maximum atomic E-state index is 5.33. The maximum absolute atomic E-state index is 5.33. The molecule has 1 rings (SSSR count). The molecular formula is C13H28N2O. The average molecular weight is 228 g/mol. The molecule has 0 bridgehead atoms. The summed E-state index contributed by atoms with van der Waals surface area (Å²) in [7, 11) is 0. The third-order valence-corrected chi connectivity index (χ3v) is 3.70. The molecule has 0 spiro atoms. The zero-order chi connectivity index (χ0) is 11.8. The van der Waals surface area contributed by atoms with Crippen molar-refractivity contribution in [1.29, 1.82) is 0 Å². The minimum Gasteiger partial charge on any atom is -0.380 e. The van der Waals surface area contributed by atoms with Crippen molar-refractivity contribution < 1.29 is 4.74 Å². The molecule has 1 saturated heterocycles. The van der Waals surface area contributed by atoms with Crippen molar-refractivity contribution in [3.8, 4) is 0 Å². The molecule has 16 heavy (non-hydrogen) atoms. The summed E-state index contributed by atoms with van der Waals surface area (Å²) < 4.78 is 5.33. The first-order valence-corrected chi connectivity index (χ1v) is 6.81. The van der Waals surface area contributed by atoms with E-state index < -0.39 is 0 Å². The first kappa shape index (κ1) is 13.9. The van der Waals surface area contributed by atoms with E-state index >= 15 is 0 Å². The molecule has 1 fully saturated rings. The van der Waals surface area contributed by atoms with Gasteiger partial charge in [-0.2, -0.15) is 0 Å². The number of piperidine rings is 1. The topological polar surface area (TPSA) is 24.5 Å². The van der Waals surface area contributed by atoms with E-state index in [4.69, 9.17) is 4.74 Å². The van der Waals surface area contributed by atoms with Gasteiger partial charge in [0.2, 0.25) is 0 Å². The highest BCUT2D eigenvalue weighted by Gasteiger charge is 2.22. The van der Waals surface area contributed by atoms with Gasteiger partial charge in [-0.25, -0.2) is 0 Å². The van der Waals surface area contributed by atoms with Crippen molar-refractivity contribution >= 4 is 0 Å². The standard InChI is InChI=1S/C13H28N2O/c1-4-15-9-6-13(7-10-15)12(3)14-8-11-16-5-2/h12-14H,4-11H2,1-3H3. The van der Waals surface area contributed by atoms with Crippen LogP contribution in [0.25, 0.3) is 0 Å². The number of rotatable bonds is 7. The van der Waals surface area contributed by atoms with E-state index in [1.54, 1.807) is 0 Å². The first-order chi connectivity index (χ1) is 7.77. The lowest BCUT2D eigenvalue weighted by atomic mass is 9.90. The molecule has 1 aliphatic heterocycles. The van der Waals surface area contributed by atoms with Crippen LogP contribution in [-0.2, 0) is 4.74 Å². The van der Waals surface area contributed by atoms with Crippen LogP contribution in [0.2, 0.25) is 0 Å². The fraction of sp³-hybridized carbons (Fsp3) is 1.00. The minimum atomic E-state index is 0.638. The van der Waals surface area contributed by atoms with Gasteiger partial charge in [-0.05, 0) is 52.2 Å². The molecule has 1 atom stereocenters. The third-order valence-electron chi connectivity index (χ3n) is 3.70. The van der Waals surface area contributed by atoms with Gasteiger partial charge in [0.25, 0.3) is 0 Å². The maximum Gasteiger partial charge on any atom is 0.0590 e. The Morgan fingerprint density at radius 2 is 2.00 bits per heavy atom. The Labute approximate surface area is 101 Å². The van der Waals surface area contributed by atoms with Gasteiger partial charge >= 0.3 is 0 Å². The summed E-state index contributed by atoms with van der Waals surface area (Å²) in [6, 6.07) is 0.638. The van der Waals surface area contributed by atoms with Gasteiger partial charge in [0.15, 0.2) is 0 Å². The van der Waals surface area contributed by atoms with Crippen molar-refractivity contribution in [3.05, 3.63) is 0 Å². The summed E-state index contributed by atoms with van der Waals surface area (Å²) in [5.74, 6) is 0.851. The van der Waals surface area contributed by atoms with Crippen LogP contribution < -0.4 is 5.32 Å². The molecular weight excluding hydrogens is 200 g/mol. The molecule has 0 aromatic carbocycles. The van der Waals surface area contributed by atoms with Crippen molar-refractivity contribution in [2.45, 2.75) is 39.7 Å². The molecule has 1 aliphatic rings. The van der Waals surface area contributed by atoms with E-state index in [0.717, 1.165) is 25.7 Å². The smallest absolute Gasteiger partial charge is 0.0590 e. The molecule has 0 aliphatic carbocycles. The van der Waals surface area contributed by atoms with Crippen molar-refractivity contribution in [3.63, 3.8) is 0 Å². The quantitative estimate of drug-likeness (QED) is 0.672. The van der Waals surface area contributed by atoms with Crippen LogP contribution >= 0.6 is 0 Å². The number of nitrogens with one attached hydrogen (secondary N) is 1. The molecule has 3 nitrogen and oxygen atoms in total. The molecule has 96 valence electrons. The van der Waals surface area contributed by atoms with E-state index in [1.165, 1.54) is 32.5 Å². The Hall–Kier alpha value is -0.120. The Morgan fingerprint density at radius 1 is 1.31 bits per heavy atom. The number of hydrogen-bond acceptors (Lipinski definition) is 3. The molecule has 1 N–H and O–H groups in total. The van der Waals surface area contributed by atoms with Crippen LogP contribution in [0.3, 0.4) is 0 Å². The Bertz CT molecular complexity index is 167. The molecule has 1 unspecified atom stereocenters. The lowest BCUT2D eigenvalue weighted by molar-refractivity contribution is 0.135. The molecule has 0 amide bonds. The molecule has 3 heteroatoms. The fourth-order valence-electron chi connectivity index (χ4n) is 2.44. The average Bonchev–Trinajstić information content (AvgIpc) is 2.34. The molecule has 0 aromatic rings. The number of hydrogen-bond donors (Lipinski definition) is 1. The van der Waals surface area contributed by atoms with Crippen LogP contribution in [-0.4, -0.2) is 50.3 Å². The second kappa shape index (κ2) is 8.04. The van der Waals surface area contributed by atoms with Gasteiger partial charge in [0, 0.05) is 19.2 Å². The van der Waals surface area contributed by atoms with Gasteiger partial charge in [0.05, 0.1) is 6.61 Å². The van der Waals surface area contributed by atoms with Crippen molar-refractivity contribution in [2.75, 3.05) is 39.4 Å². The Balaban J connectivity index is 2.10. The van der Waals surface area contributed by atoms with Crippen molar-refractivity contribution in [2.24, 2.45) is 5.92 Å². The summed E-state index contributed by atoms with van der Waals surface area (Å²) in [6.45, 7) is 13.0. The fourth-order valence-corrected chi connectivity index (χ4v) is 2.44. The second-order valence-electron chi connectivity index (χ2n) is 4.71. The highest BCUT2D eigenvalue weighted by atomic mass is 16.5. The number of likely N-dealkylation sites (tertiary alicyclic amines) is 1. The zero-order valence-electron chi connectivity index (χ0n) is 11.2. The largest absolute Gasteiger partial charge is 0.380 e. The van der Waals surface area contributed by atoms with Gasteiger partial charge < -0.3 is 15.0 Å². The van der Waals surface area contributed by atoms with Crippen molar-refractivity contribution in [1.82, 2.24) is 10.2 Å². The normalized spacial score (nSPS) is 21.2. The van der Waals surface area contributed by atoms with Crippen LogP contribution in [0.1, 0.15) is 33.6 Å². The van der Waals surface area contributed by atoms with Crippen LogP contribution in [0.4, 0.5) is 0 Å². The lowest BCUT2D eigenvalue weighted by Crippen LogP contribution is -2.42. The monoisotopic (exact) mass is 228 g/mol. The van der Waals surface area contributed by atoms with Crippen LogP contribution in [0.15, 0.2) is 0 Å². The summed E-state index contributed by atoms with van der Waals surface area (Å²) in [6.07, 6.45) is 2.69. The third kappa shape index (κ3) is 4.81.